The van der Waals surface area contributed by atoms with Gasteiger partial charge in [0.15, 0.2) is 0 Å². The predicted molar refractivity (Wildman–Crippen MR) is 78.4 cm³/mol. The van der Waals surface area contributed by atoms with Crippen LogP contribution in [-0.4, -0.2) is 33.7 Å². The summed E-state index contributed by atoms with van der Waals surface area (Å²) in [6.07, 6.45) is 0. The van der Waals surface area contributed by atoms with Crippen LogP contribution in [0.2, 0.25) is 0 Å². The summed E-state index contributed by atoms with van der Waals surface area (Å²) in [7, 11) is 0. The number of nitro groups is 1. The molecule has 0 unspecified atom stereocenters. The van der Waals surface area contributed by atoms with E-state index in [9.17, 15) is 19.7 Å². The van der Waals surface area contributed by atoms with Gasteiger partial charge in [0.05, 0.1) is 21.5 Å². The summed E-state index contributed by atoms with van der Waals surface area (Å²) in [5.41, 5.74) is -0.254. The molecule has 1 fully saturated rings. The Morgan fingerprint density at radius 1 is 1.43 bits per heavy atom. The van der Waals surface area contributed by atoms with Gasteiger partial charge in [-0.1, -0.05) is 12.1 Å². The predicted octanol–water partition coefficient (Wildman–Crippen LogP) is 1.59. The molecule has 21 heavy (non-hydrogen) atoms. The molecule has 7 nitrogen and oxygen atoms in total. The van der Waals surface area contributed by atoms with Crippen LogP contribution < -0.4 is 5.32 Å². The molecule has 0 spiro atoms. The number of carbonyl (C=O) groups is 2. The van der Waals surface area contributed by atoms with E-state index in [2.05, 4.69) is 21.2 Å². The molecule has 1 aromatic carbocycles. The van der Waals surface area contributed by atoms with Gasteiger partial charge in [-0.25, -0.2) is 0 Å². The maximum absolute atomic E-state index is 11.9. The lowest BCUT2D eigenvalue weighted by Gasteiger charge is -2.40. The van der Waals surface area contributed by atoms with Crippen LogP contribution in [0.1, 0.15) is 19.4 Å². The number of benzene rings is 1. The lowest BCUT2D eigenvalue weighted by atomic mass is 9.97. The molecule has 2 amide bonds. The van der Waals surface area contributed by atoms with Crippen molar-refractivity contribution in [2.45, 2.75) is 25.9 Å². The van der Waals surface area contributed by atoms with Crippen molar-refractivity contribution in [3.05, 3.63) is 38.3 Å². The number of imide groups is 1. The molecule has 0 aliphatic carbocycles. The summed E-state index contributed by atoms with van der Waals surface area (Å²) in [6.45, 7) is 3.74. The van der Waals surface area contributed by atoms with Crippen molar-refractivity contribution in [3.8, 4) is 0 Å². The number of hydrogen-bond acceptors (Lipinski definition) is 5. The molecule has 8 heteroatoms. The second-order valence-electron chi connectivity index (χ2n) is 5.30. The van der Waals surface area contributed by atoms with Crippen LogP contribution >= 0.6 is 15.9 Å². The number of nitrogens with one attached hydrogen (secondary N) is 1. The third kappa shape index (κ3) is 2.96. The monoisotopic (exact) mass is 355 g/mol. The Kier molecular flexibility index (Phi) is 4.11. The Balaban J connectivity index is 2.33. The molecular formula is C13H14BrN3O4. The molecule has 1 saturated heterocycles. The van der Waals surface area contributed by atoms with E-state index < -0.39 is 10.5 Å². The van der Waals surface area contributed by atoms with Gasteiger partial charge in [0.25, 0.3) is 5.69 Å². The molecule has 0 atom stereocenters. The molecule has 112 valence electrons. The molecule has 1 heterocycles. The Hall–Kier alpha value is -1.80. The number of halogens is 1. The zero-order chi connectivity index (χ0) is 15.8. The van der Waals surface area contributed by atoms with Gasteiger partial charge in [0.2, 0.25) is 11.8 Å². The highest BCUT2D eigenvalue weighted by Crippen LogP contribution is 2.31. The third-order valence-electron chi connectivity index (χ3n) is 3.55. The smallest absolute Gasteiger partial charge is 0.283 e. The van der Waals surface area contributed by atoms with Crippen LogP contribution in [0.5, 0.6) is 0 Å². The summed E-state index contributed by atoms with van der Waals surface area (Å²) >= 11 is 3.22. The Bertz CT molecular complexity index is 630. The van der Waals surface area contributed by atoms with Crippen LogP contribution in [-0.2, 0) is 16.1 Å². The van der Waals surface area contributed by atoms with Crippen molar-refractivity contribution in [3.63, 3.8) is 0 Å². The number of piperazine rings is 1. The van der Waals surface area contributed by atoms with Gasteiger partial charge in [-0.3, -0.25) is 29.9 Å². The highest BCUT2D eigenvalue weighted by molar-refractivity contribution is 9.10. The fourth-order valence-corrected chi connectivity index (χ4v) is 2.66. The lowest BCUT2D eigenvalue weighted by Crippen LogP contribution is -2.63. The second-order valence-corrected chi connectivity index (χ2v) is 6.09. The van der Waals surface area contributed by atoms with E-state index >= 15 is 0 Å². The van der Waals surface area contributed by atoms with Gasteiger partial charge in [-0.2, -0.15) is 0 Å². The molecular weight excluding hydrogens is 342 g/mol. The van der Waals surface area contributed by atoms with Crippen molar-refractivity contribution in [1.82, 2.24) is 10.2 Å². The standard InChI is InChI=1S/C13H14BrN3O4/c1-13(2)12(19)15-10(18)7-16(13)6-8-4-3-5-9(11(8)14)17(20)21/h3-5H,6-7H2,1-2H3,(H,15,18,19). The summed E-state index contributed by atoms with van der Waals surface area (Å²) < 4.78 is 0.365. The molecule has 2 rings (SSSR count). The first-order valence-corrected chi connectivity index (χ1v) is 7.04. The Morgan fingerprint density at radius 3 is 2.71 bits per heavy atom. The second kappa shape index (κ2) is 5.53. The largest absolute Gasteiger partial charge is 0.294 e. The normalized spacial score (nSPS) is 18.4. The van der Waals surface area contributed by atoms with E-state index in [-0.39, 0.29) is 30.6 Å². The maximum atomic E-state index is 11.9. The topological polar surface area (TPSA) is 92.6 Å². The van der Waals surface area contributed by atoms with E-state index in [1.165, 1.54) is 6.07 Å². The maximum Gasteiger partial charge on any atom is 0.283 e. The number of rotatable bonds is 3. The van der Waals surface area contributed by atoms with E-state index in [0.717, 1.165) is 0 Å². The molecule has 0 bridgehead atoms. The first-order valence-electron chi connectivity index (χ1n) is 6.24. The highest BCUT2D eigenvalue weighted by atomic mass is 79.9. The zero-order valence-electron chi connectivity index (χ0n) is 11.6. The van der Waals surface area contributed by atoms with Gasteiger partial charge in [-0.15, -0.1) is 0 Å². The van der Waals surface area contributed by atoms with Crippen LogP contribution in [0.15, 0.2) is 22.7 Å². The van der Waals surface area contributed by atoms with Crippen molar-refractivity contribution in [2.24, 2.45) is 0 Å². The molecule has 0 saturated carbocycles. The van der Waals surface area contributed by atoms with Crippen LogP contribution in [0.4, 0.5) is 5.69 Å². The minimum absolute atomic E-state index is 0.0434. The lowest BCUT2D eigenvalue weighted by molar-refractivity contribution is -0.385. The minimum atomic E-state index is -0.863. The summed E-state index contributed by atoms with van der Waals surface area (Å²) in [6, 6.07) is 4.70. The first-order chi connectivity index (χ1) is 9.73. The summed E-state index contributed by atoms with van der Waals surface area (Å²) in [5, 5.41) is 13.2. The molecule has 1 aliphatic heterocycles. The van der Waals surface area contributed by atoms with Crippen molar-refractivity contribution < 1.29 is 14.5 Å². The number of nitro benzene ring substituents is 1. The van der Waals surface area contributed by atoms with Gasteiger partial charge >= 0.3 is 0 Å². The van der Waals surface area contributed by atoms with E-state index in [1.54, 1.807) is 30.9 Å². The quantitative estimate of drug-likeness (QED) is 0.505. The van der Waals surface area contributed by atoms with E-state index in [4.69, 9.17) is 0 Å². The van der Waals surface area contributed by atoms with Crippen molar-refractivity contribution >= 4 is 33.4 Å². The van der Waals surface area contributed by atoms with Crippen LogP contribution in [0.3, 0.4) is 0 Å². The molecule has 0 aromatic heterocycles. The Labute approximate surface area is 129 Å². The zero-order valence-corrected chi connectivity index (χ0v) is 13.1. The van der Waals surface area contributed by atoms with Crippen molar-refractivity contribution in [2.75, 3.05) is 6.54 Å². The number of nitrogens with zero attached hydrogens (tertiary/aromatic N) is 2. The number of hydrogen-bond donors (Lipinski definition) is 1. The highest BCUT2D eigenvalue weighted by Gasteiger charge is 2.41. The van der Waals surface area contributed by atoms with Crippen LogP contribution in [0.25, 0.3) is 0 Å². The van der Waals surface area contributed by atoms with Gasteiger partial charge < -0.3 is 0 Å². The fraction of sp³-hybridized carbons (Fsp3) is 0.385. The third-order valence-corrected chi connectivity index (χ3v) is 4.47. The van der Waals surface area contributed by atoms with E-state index in [1.807, 2.05) is 0 Å². The van der Waals surface area contributed by atoms with Gasteiger partial charge in [0.1, 0.15) is 0 Å². The van der Waals surface area contributed by atoms with Crippen LogP contribution in [0, 0.1) is 10.1 Å². The summed E-state index contributed by atoms with van der Waals surface area (Å²) in [5.74, 6) is -0.749. The Morgan fingerprint density at radius 2 is 2.10 bits per heavy atom. The number of carbonyl (C=O) groups excluding carboxylic acids is 2. The molecule has 1 aromatic rings. The van der Waals surface area contributed by atoms with Gasteiger partial charge in [-0.05, 0) is 35.3 Å². The van der Waals surface area contributed by atoms with Crippen molar-refractivity contribution in [1.29, 1.82) is 0 Å². The first kappa shape index (κ1) is 15.6. The fourth-order valence-electron chi connectivity index (χ4n) is 2.12. The molecule has 1 aliphatic rings. The molecule has 1 N–H and O–H groups in total. The minimum Gasteiger partial charge on any atom is -0.294 e. The average Bonchev–Trinajstić information content (AvgIpc) is 2.38. The summed E-state index contributed by atoms with van der Waals surface area (Å²) in [4.78, 5) is 35.6. The SMILES string of the molecule is CC1(C)C(=O)NC(=O)CN1Cc1cccc([N+](=O)[O-])c1Br. The molecule has 0 radical (unpaired) electrons. The van der Waals surface area contributed by atoms with Gasteiger partial charge in [0, 0.05) is 12.6 Å². The number of amides is 2. The van der Waals surface area contributed by atoms with E-state index in [0.29, 0.717) is 10.0 Å². The average molecular weight is 356 g/mol.